The fourth-order valence-corrected chi connectivity index (χ4v) is 4.22. The Morgan fingerprint density at radius 2 is 2.00 bits per heavy atom. The molecule has 0 radical (unpaired) electrons. The smallest absolute Gasteiger partial charge is 0.237 e. The molecule has 2 saturated heterocycles. The number of hydrogen-bond acceptors (Lipinski definition) is 5. The van der Waals surface area contributed by atoms with E-state index in [0.29, 0.717) is 19.5 Å². The number of likely N-dealkylation sites (N-methyl/N-ethyl adjacent to an activating group) is 1. The zero-order chi connectivity index (χ0) is 19.4. The van der Waals surface area contributed by atoms with Crippen LogP contribution < -0.4 is 5.32 Å². The van der Waals surface area contributed by atoms with E-state index in [0.717, 1.165) is 50.3 Å². The van der Waals surface area contributed by atoms with Crippen molar-refractivity contribution in [3.8, 4) is 0 Å². The zero-order valence-corrected chi connectivity index (χ0v) is 16.7. The Kier molecular flexibility index (Phi) is 6.09. The molecular formula is C20H31N5O2. The maximum absolute atomic E-state index is 12.4. The first-order valence-electron chi connectivity index (χ1n) is 9.99. The van der Waals surface area contributed by atoms with Crippen LogP contribution in [0.4, 0.5) is 0 Å². The maximum atomic E-state index is 12.4. The second-order valence-corrected chi connectivity index (χ2v) is 8.01. The number of nitrogens with one attached hydrogen (secondary N) is 1. The van der Waals surface area contributed by atoms with Crippen LogP contribution in [-0.4, -0.2) is 63.8 Å². The van der Waals surface area contributed by atoms with Gasteiger partial charge in [-0.05, 0) is 58.5 Å². The highest BCUT2D eigenvalue weighted by molar-refractivity contribution is 5.81. The number of rotatable bonds is 5. The van der Waals surface area contributed by atoms with Crippen molar-refractivity contribution in [1.82, 2.24) is 25.1 Å². The van der Waals surface area contributed by atoms with Gasteiger partial charge in [0, 0.05) is 25.7 Å². The topological polar surface area (TPSA) is 78.4 Å². The lowest BCUT2D eigenvalue weighted by Gasteiger charge is -2.48. The average Bonchev–Trinajstić information content (AvgIpc) is 2.67. The summed E-state index contributed by atoms with van der Waals surface area (Å²) < 4.78 is 0. The third kappa shape index (κ3) is 4.64. The van der Waals surface area contributed by atoms with Gasteiger partial charge >= 0.3 is 0 Å². The number of carbonyl (C=O) groups is 2. The molecule has 7 heteroatoms. The van der Waals surface area contributed by atoms with E-state index in [2.05, 4.69) is 20.2 Å². The molecule has 7 nitrogen and oxygen atoms in total. The van der Waals surface area contributed by atoms with Crippen molar-refractivity contribution in [2.75, 3.05) is 26.2 Å². The molecule has 2 aliphatic heterocycles. The quantitative estimate of drug-likeness (QED) is 0.847. The lowest BCUT2D eigenvalue weighted by atomic mass is 9.72. The van der Waals surface area contributed by atoms with Gasteiger partial charge in [-0.1, -0.05) is 0 Å². The van der Waals surface area contributed by atoms with Gasteiger partial charge in [0.15, 0.2) is 0 Å². The van der Waals surface area contributed by atoms with E-state index in [4.69, 9.17) is 0 Å². The normalized spacial score (nSPS) is 21.3. The van der Waals surface area contributed by atoms with E-state index in [-0.39, 0.29) is 23.3 Å². The molecule has 0 aromatic carbocycles. The molecule has 1 aromatic rings. The van der Waals surface area contributed by atoms with Crippen LogP contribution in [0.3, 0.4) is 0 Å². The minimum Gasteiger partial charge on any atom is -0.355 e. The summed E-state index contributed by atoms with van der Waals surface area (Å²) in [5.41, 5.74) is 1.89. The molecule has 3 rings (SSSR count). The van der Waals surface area contributed by atoms with Crippen LogP contribution in [-0.2, 0) is 16.1 Å². The molecule has 2 fully saturated rings. The summed E-state index contributed by atoms with van der Waals surface area (Å²) in [5.74, 6) is 0.313. The summed E-state index contributed by atoms with van der Waals surface area (Å²) in [5, 5.41) is 2.91. The van der Waals surface area contributed by atoms with Crippen molar-refractivity contribution in [2.45, 2.75) is 59.0 Å². The van der Waals surface area contributed by atoms with Crippen molar-refractivity contribution in [2.24, 2.45) is 5.41 Å². The Bertz CT molecular complexity index is 667. The van der Waals surface area contributed by atoms with Crippen molar-refractivity contribution < 1.29 is 9.59 Å². The molecule has 2 aliphatic rings. The third-order valence-electron chi connectivity index (χ3n) is 6.07. The van der Waals surface area contributed by atoms with Crippen LogP contribution in [0.2, 0.25) is 0 Å². The Morgan fingerprint density at radius 3 is 2.63 bits per heavy atom. The largest absolute Gasteiger partial charge is 0.355 e. The van der Waals surface area contributed by atoms with Crippen molar-refractivity contribution in [1.29, 1.82) is 0 Å². The Labute approximate surface area is 161 Å². The number of carbonyl (C=O) groups excluding carboxylic acids is 2. The van der Waals surface area contributed by atoms with Crippen LogP contribution >= 0.6 is 0 Å². The van der Waals surface area contributed by atoms with E-state index in [9.17, 15) is 9.59 Å². The molecule has 0 saturated carbocycles. The fraction of sp³-hybridized carbons (Fsp3) is 0.700. The number of amides is 2. The SMILES string of the molecule is CCNC(=O)C(C)N1CCC2(CCC(=O)N(Cc3cnc(C)cn3)C2)CC1. The van der Waals surface area contributed by atoms with Gasteiger partial charge in [-0.25, -0.2) is 0 Å². The molecule has 1 aromatic heterocycles. The summed E-state index contributed by atoms with van der Waals surface area (Å²) in [6.45, 7) is 9.64. The summed E-state index contributed by atoms with van der Waals surface area (Å²) in [7, 11) is 0. The van der Waals surface area contributed by atoms with Gasteiger partial charge in [0.05, 0.1) is 30.2 Å². The first-order chi connectivity index (χ1) is 12.9. The highest BCUT2D eigenvalue weighted by atomic mass is 16.2. The standard InChI is InChI=1S/C20H31N5O2/c1-4-21-19(27)16(3)24-9-7-20(8-10-24)6-5-18(26)25(14-20)13-17-12-22-15(2)11-23-17/h11-12,16H,4-10,13-14H2,1-3H3,(H,21,27). The van der Waals surface area contributed by atoms with Crippen molar-refractivity contribution in [3.63, 3.8) is 0 Å². The monoisotopic (exact) mass is 373 g/mol. The van der Waals surface area contributed by atoms with Crippen LogP contribution in [0.1, 0.15) is 50.9 Å². The highest BCUT2D eigenvalue weighted by Gasteiger charge is 2.42. The third-order valence-corrected chi connectivity index (χ3v) is 6.07. The first-order valence-corrected chi connectivity index (χ1v) is 9.99. The lowest BCUT2D eigenvalue weighted by molar-refractivity contribution is -0.140. The molecule has 1 N–H and O–H groups in total. The van der Waals surface area contributed by atoms with Crippen LogP contribution in [0.25, 0.3) is 0 Å². The lowest BCUT2D eigenvalue weighted by Crippen LogP contribution is -2.54. The van der Waals surface area contributed by atoms with Crippen LogP contribution in [0.5, 0.6) is 0 Å². The van der Waals surface area contributed by atoms with Crippen LogP contribution in [0, 0.1) is 12.3 Å². The molecule has 148 valence electrons. The Hall–Kier alpha value is -2.02. The summed E-state index contributed by atoms with van der Waals surface area (Å²) in [6, 6.07) is -0.0912. The molecule has 1 atom stereocenters. The molecule has 27 heavy (non-hydrogen) atoms. The van der Waals surface area contributed by atoms with E-state index >= 15 is 0 Å². The second kappa shape index (κ2) is 8.33. The van der Waals surface area contributed by atoms with E-state index < -0.39 is 0 Å². The van der Waals surface area contributed by atoms with Crippen molar-refractivity contribution >= 4 is 11.8 Å². The second-order valence-electron chi connectivity index (χ2n) is 8.01. The van der Waals surface area contributed by atoms with Gasteiger partial charge < -0.3 is 10.2 Å². The molecule has 1 unspecified atom stereocenters. The van der Waals surface area contributed by atoms with Gasteiger partial charge in [0.2, 0.25) is 11.8 Å². The van der Waals surface area contributed by atoms with Crippen LogP contribution in [0.15, 0.2) is 12.4 Å². The van der Waals surface area contributed by atoms with E-state index in [1.54, 1.807) is 12.4 Å². The maximum Gasteiger partial charge on any atom is 0.237 e. The minimum absolute atomic E-state index is 0.0912. The van der Waals surface area contributed by atoms with Crippen molar-refractivity contribution in [3.05, 3.63) is 23.8 Å². The molecular weight excluding hydrogens is 342 g/mol. The average molecular weight is 374 g/mol. The van der Waals surface area contributed by atoms with Gasteiger partial charge in [-0.15, -0.1) is 0 Å². The first kappa shape index (κ1) is 19.7. The predicted molar refractivity (Wildman–Crippen MR) is 103 cm³/mol. The van der Waals surface area contributed by atoms with Gasteiger partial charge in [0.1, 0.15) is 0 Å². The number of likely N-dealkylation sites (tertiary alicyclic amines) is 2. The molecule has 0 aliphatic carbocycles. The summed E-state index contributed by atoms with van der Waals surface area (Å²) >= 11 is 0. The summed E-state index contributed by atoms with van der Waals surface area (Å²) in [6.07, 6.45) is 7.12. The predicted octanol–water partition coefficient (Wildman–Crippen LogP) is 1.51. The molecule has 0 bridgehead atoms. The van der Waals surface area contributed by atoms with Gasteiger partial charge in [-0.2, -0.15) is 0 Å². The number of hydrogen-bond donors (Lipinski definition) is 1. The zero-order valence-electron chi connectivity index (χ0n) is 16.7. The number of nitrogens with zero attached hydrogens (tertiary/aromatic N) is 4. The number of piperidine rings is 2. The molecule has 2 amide bonds. The Morgan fingerprint density at radius 1 is 1.26 bits per heavy atom. The van der Waals surface area contributed by atoms with Gasteiger partial charge in [-0.3, -0.25) is 24.5 Å². The minimum atomic E-state index is -0.0912. The number of aryl methyl sites for hydroxylation is 1. The highest BCUT2D eigenvalue weighted by Crippen LogP contribution is 2.40. The molecule has 3 heterocycles. The van der Waals surface area contributed by atoms with E-state index in [1.165, 1.54) is 0 Å². The number of aromatic nitrogens is 2. The Balaban J connectivity index is 1.60. The van der Waals surface area contributed by atoms with Gasteiger partial charge in [0.25, 0.3) is 0 Å². The van der Waals surface area contributed by atoms with E-state index in [1.807, 2.05) is 25.7 Å². The molecule has 1 spiro atoms. The fourth-order valence-electron chi connectivity index (χ4n) is 4.22. The summed E-state index contributed by atoms with van der Waals surface area (Å²) in [4.78, 5) is 37.5.